The quantitative estimate of drug-likeness (QED) is 0.501. The Labute approximate surface area is 171 Å². The number of halogens is 4. The van der Waals surface area contributed by atoms with Crippen molar-refractivity contribution in [1.82, 2.24) is 0 Å². The van der Waals surface area contributed by atoms with E-state index in [0.29, 0.717) is 18.8 Å². The predicted molar refractivity (Wildman–Crippen MR) is 109 cm³/mol. The molecule has 1 fully saturated rings. The van der Waals surface area contributed by atoms with Gasteiger partial charge in [0, 0.05) is 36.2 Å². The van der Waals surface area contributed by atoms with E-state index >= 15 is 0 Å². The monoisotopic (exact) mass is 419 g/mol. The number of carbonyl (C=O) groups is 1. The summed E-state index contributed by atoms with van der Waals surface area (Å²) in [5.74, 6) is -1.09. The molecule has 0 unspecified atom stereocenters. The molecule has 4 nitrogen and oxygen atoms in total. The smallest absolute Gasteiger partial charge is 0.371 e. The van der Waals surface area contributed by atoms with Crippen LogP contribution in [0, 0.1) is 5.82 Å². The molecule has 2 aromatic rings. The molecule has 0 aliphatic carbocycles. The van der Waals surface area contributed by atoms with Gasteiger partial charge in [-0.25, -0.2) is 4.39 Å². The molecule has 0 aromatic heterocycles. The molecule has 4 rings (SSSR count). The van der Waals surface area contributed by atoms with Crippen molar-refractivity contribution in [2.45, 2.75) is 31.9 Å². The standard InChI is InChI=1S/C22H21F4N3O/c23-17-6-5-7-18-20(17)15(21(30)28-18)13-27-14-8-9-19(16(12-14)22(24,25)26)29-10-3-1-2-4-11-29/h5-9,12-13,27H,1-4,10-11H2,(H,28,30). The zero-order valence-corrected chi connectivity index (χ0v) is 16.2. The molecule has 2 aliphatic rings. The maximum atomic E-state index is 14.1. The van der Waals surface area contributed by atoms with Gasteiger partial charge in [-0.1, -0.05) is 18.9 Å². The van der Waals surface area contributed by atoms with Gasteiger partial charge >= 0.3 is 6.18 Å². The Morgan fingerprint density at radius 2 is 1.77 bits per heavy atom. The van der Waals surface area contributed by atoms with E-state index in [1.807, 2.05) is 0 Å². The Morgan fingerprint density at radius 3 is 2.47 bits per heavy atom. The zero-order chi connectivity index (χ0) is 21.3. The fourth-order valence-corrected chi connectivity index (χ4v) is 3.94. The number of hydrogen-bond donors (Lipinski definition) is 2. The molecule has 2 N–H and O–H groups in total. The lowest BCUT2D eigenvalue weighted by atomic mass is 10.1. The molecule has 2 heterocycles. The Bertz CT molecular complexity index is 992. The first-order valence-electron chi connectivity index (χ1n) is 9.88. The van der Waals surface area contributed by atoms with Crippen LogP contribution in [0.15, 0.2) is 42.6 Å². The summed E-state index contributed by atoms with van der Waals surface area (Å²) in [6, 6.07) is 8.30. The second-order valence-electron chi connectivity index (χ2n) is 7.45. The molecule has 158 valence electrons. The van der Waals surface area contributed by atoms with Gasteiger partial charge in [0.2, 0.25) is 0 Å². The van der Waals surface area contributed by atoms with Crippen molar-refractivity contribution in [2.24, 2.45) is 0 Å². The van der Waals surface area contributed by atoms with E-state index in [9.17, 15) is 22.4 Å². The third-order valence-electron chi connectivity index (χ3n) is 5.41. The van der Waals surface area contributed by atoms with E-state index in [4.69, 9.17) is 0 Å². The second-order valence-corrected chi connectivity index (χ2v) is 7.45. The number of fused-ring (bicyclic) bond motifs is 1. The summed E-state index contributed by atoms with van der Waals surface area (Å²) >= 11 is 0. The van der Waals surface area contributed by atoms with Gasteiger partial charge < -0.3 is 15.5 Å². The summed E-state index contributed by atoms with van der Waals surface area (Å²) in [6.07, 6.45) is 0.491. The molecule has 30 heavy (non-hydrogen) atoms. The number of benzene rings is 2. The number of alkyl halides is 3. The second kappa shape index (κ2) is 8.01. The van der Waals surface area contributed by atoms with Crippen LogP contribution in [0.4, 0.5) is 34.6 Å². The number of carbonyl (C=O) groups excluding carboxylic acids is 1. The molecule has 8 heteroatoms. The highest BCUT2D eigenvalue weighted by molar-refractivity contribution is 6.31. The lowest BCUT2D eigenvalue weighted by molar-refractivity contribution is -0.137. The van der Waals surface area contributed by atoms with Crippen molar-refractivity contribution in [1.29, 1.82) is 0 Å². The maximum Gasteiger partial charge on any atom is 0.418 e. The fourth-order valence-electron chi connectivity index (χ4n) is 3.94. The Kier molecular flexibility index (Phi) is 5.40. The molecular weight excluding hydrogens is 398 g/mol. The summed E-state index contributed by atoms with van der Waals surface area (Å²) < 4.78 is 55.4. The average molecular weight is 419 g/mol. The van der Waals surface area contributed by atoms with E-state index in [0.717, 1.165) is 31.7 Å². The lowest BCUT2D eigenvalue weighted by Crippen LogP contribution is -2.26. The lowest BCUT2D eigenvalue weighted by Gasteiger charge is -2.26. The SMILES string of the molecule is O=C1Nc2cccc(F)c2C1=CNc1ccc(N2CCCCCC2)c(C(F)(F)F)c1. The average Bonchev–Trinajstić information content (AvgIpc) is 2.86. The zero-order valence-electron chi connectivity index (χ0n) is 16.2. The molecule has 0 radical (unpaired) electrons. The van der Waals surface area contributed by atoms with Crippen LogP contribution in [0.25, 0.3) is 5.57 Å². The van der Waals surface area contributed by atoms with Crippen LogP contribution in [0.1, 0.15) is 36.8 Å². The predicted octanol–water partition coefficient (Wildman–Crippen LogP) is 5.63. The first-order chi connectivity index (χ1) is 14.3. The van der Waals surface area contributed by atoms with Gasteiger partial charge in [-0.3, -0.25) is 4.79 Å². The van der Waals surface area contributed by atoms with Crippen molar-refractivity contribution in [3.05, 3.63) is 59.5 Å². The summed E-state index contributed by atoms with van der Waals surface area (Å²) in [6.45, 7) is 1.19. The first-order valence-corrected chi connectivity index (χ1v) is 9.88. The summed E-state index contributed by atoms with van der Waals surface area (Å²) in [4.78, 5) is 13.9. The van der Waals surface area contributed by atoms with Gasteiger partial charge in [-0.15, -0.1) is 0 Å². The van der Waals surface area contributed by atoms with Crippen molar-refractivity contribution in [3.8, 4) is 0 Å². The Hall–Kier alpha value is -3.03. The first kappa shape index (κ1) is 20.3. The molecule has 0 atom stereocenters. The van der Waals surface area contributed by atoms with Gasteiger partial charge in [0.05, 0.1) is 16.8 Å². The van der Waals surface area contributed by atoms with Crippen molar-refractivity contribution in [3.63, 3.8) is 0 Å². The molecule has 0 saturated carbocycles. The van der Waals surface area contributed by atoms with E-state index in [2.05, 4.69) is 10.6 Å². The number of nitrogens with zero attached hydrogens (tertiary/aromatic N) is 1. The van der Waals surface area contributed by atoms with Crippen LogP contribution in [0.5, 0.6) is 0 Å². The fraction of sp³-hybridized carbons (Fsp3) is 0.318. The molecule has 0 bridgehead atoms. The third kappa shape index (κ3) is 3.99. The normalized spacial score (nSPS) is 18.2. The minimum absolute atomic E-state index is 0.0354. The molecular formula is C22H21F4N3O. The van der Waals surface area contributed by atoms with Crippen LogP contribution in [0.2, 0.25) is 0 Å². The highest BCUT2D eigenvalue weighted by atomic mass is 19.4. The number of rotatable bonds is 3. The van der Waals surface area contributed by atoms with Gasteiger partial charge in [0.1, 0.15) is 5.82 Å². The van der Waals surface area contributed by atoms with Crippen LogP contribution in [0.3, 0.4) is 0 Å². The molecule has 0 spiro atoms. The van der Waals surface area contributed by atoms with Crippen LogP contribution >= 0.6 is 0 Å². The summed E-state index contributed by atoms with van der Waals surface area (Å²) in [5, 5.41) is 5.28. The van der Waals surface area contributed by atoms with Crippen LogP contribution in [-0.4, -0.2) is 19.0 Å². The summed E-state index contributed by atoms with van der Waals surface area (Å²) in [7, 11) is 0. The van der Waals surface area contributed by atoms with Gasteiger partial charge in [0.25, 0.3) is 5.91 Å². The molecule has 2 aromatic carbocycles. The van der Waals surface area contributed by atoms with Crippen LogP contribution in [-0.2, 0) is 11.0 Å². The van der Waals surface area contributed by atoms with Crippen molar-refractivity contribution in [2.75, 3.05) is 28.6 Å². The Morgan fingerprint density at radius 1 is 1.03 bits per heavy atom. The van der Waals surface area contributed by atoms with Crippen LogP contribution < -0.4 is 15.5 Å². The topological polar surface area (TPSA) is 44.4 Å². The number of nitrogens with one attached hydrogen (secondary N) is 2. The van der Waals surface area contributed by atoms with E-state index in [1.165, 1.54) is 24.4 Å². The Balaban J connectivity index is 1.65. The van der Waals surface area contributed by atoms with E-state index < -0.39 is 23.5 Å². The van der Waals surface area contributed by atoms with Crippen molar-refractivity contribution >= 4 is 28.5 Å². The highest BCUT2D eigenvalue weighted by Crippen LogP contribution is 2.39. The van der Waals surface area contributed by atoms with Gasteiger partial charge in [-0.2, -0.15) is 13.2 Å². The van der Waals surface area contributed by atoms with Crippen molar-refractivity contribution < 1.29 is 22.4 Å². The number of anilines is 3. The number of hydrogen-bond acceptors (Lipinski definition) is 3. The molecule has 1 amide bonds. The molecule has 1 saturated heterocycles. The minimum Gasteiger partial charge on any atom is -0.371 e. The van der Waals surface area contributed by atoms with Gasteiger partial charge in [0.15, 0.2) is 0 Å². The molecule has 2 aliphatic heterocycles. The van der Waals surface area contributed by atoms with Gasteiger partial charge in [-0.05, 0) is 43.2 Å². The van der Waals surface area contributed by atoms with E-state index in [-0.39, 0.29) is 22.5 Å². The number of amides is 1. The van der Waals surface area contributed by atoms with E-state index in [1.54, 1.807) is 17.0 Å². The summed E-state index contributed by atoms with van der Waals surface area (Å²) in [5.41, 5.74) is 0.0832. The largest absolute Gasteiger partial charge is 0.418 e. The highest BCUT2D eigenvalue weighted by Gasteiger charge is 2.35. The third-order valence-corrected chi connectivity index (χ3v) is 5.41. The minimum atomic E-state index is -4.52. The maximum absolute atomic E-state index is 14.1.